The first kappa shape index (κ1) is 21.5. The average molecular weight is 438 g/mol. The lowest BCUT2D eigenvalue weighted by Crippen LogP contribution is -2.16. The van der Waals surface area contributed by atoms with Crippen LogP contribution in [0.4, 0.5) is 13.2 Å². The smallest absolute Gasteiger partial charge is 0.438 e. The van der Waals surface area contributed by atoms with Crippen LogP contribution < -0.4 is 9.47 Å². The Morgan fingerprint density at radius 1 is 1.07 bits per heavy atom. The van der Waals surface area contributed by atoms with Crippen LogP contribution in [0, 0.1) is 6.92 Å². The van der Waals surface area contributed by atoms with Crippen molar-refractivity contribution in [2.24, 2.45) is 5.16 Å². The zero-order valence-electron chi connectivity index (χ0n) is 16.0. The SMILES string of the molecule is Cc1nnc(-c2ccc(OC3=NOC(C)C3)cn2)s1.FC(F)(F)Oc1ccccc1. The lowest BCUT2D eigenvalue weighted by molar-refractivity contribution is -0.274. The highest BCUT2D eigenvalue weighted by atomic mass is 32.1. The first-order valence-electron chi connectivity index (χ1n) is 8.76. The van der Waals surface area contributed by atoms with Crippen LogP contribution in [-0.2, 0) is 4.84 Å². The maximum absolute atomic E-state index is 11.5. The molecular formula is C19H17F3N4O3S. The molecule has 3 aromatic rings. The lowest BCUT2D eigenvalue weighted by Gasteiger charge is -2.07. The van der Waals surface area contributed by atoms with Crippen LogP contribution in [0.3, 0.4) is 0 Å². The molecule has 3 heterocycles. The van der Waals surface area contributed by atoms with E-state index in [-0.39, 0.29) is 11.9 Å². The van der Waals surface area contributed by atoms with E-state index in [4.69, 9.17) is 9.57 Å². The molecule has 0 saturated heterocycles. The fourth-order valence-electron chi connectivity index (χ4n) is 2.25. The molecule has 0 radical (unpaired) electrons. The molecule has 1 aliphatic heterocycles. The first-order chi connectivity index (χ1) is 14.3. The number of hydrogen-bond donors (Lipinski definition) is 0. The minimum absolute atomic E-state index is 0.0756. The third-order valence-electron chi connectivity index (χ3n) is 3.49. The largest absolute Gasteiger partial charge is 0.573 e. The van der Waals surface area contributed by atoms with E-state index in [1.807, 2.05) is 26.0 Å². The number of pyridine rings is 1. The van der Waals surface area contributed by atoms with Crippen LogP contribution in [0.2, 0.25) is 0 Å². The Balaban J connectivity index is 0.000000199. The number of hydrogen-bond acceptors (Lipinski definition) is 8. The highest BCUT2D eigenvalue weighted by Gasteiger charge is 2.30. The van der Waals surface area contributed by atoms with Crippen molar-refractivity contribution in [1.29, 1.82) is 0 Å². The normalized spacial score (nSPS) is 15.5. The third kappa shape index (κ3) is 6.69. The van der Waals surface area contributed by atoms with Gasteiger partial charge >= 0.3 is 6.36 Å². The number of ether oxygens (including phenoxy) is 2. The molecule has 7 nitrogen and oxygen atoms in total. The zero-order chi connectivity index (χ0) is 21.6. The molecule has 0 fully saturated rings. The van der Waals surface area contributed by atoms with Crippen molar-refractivity contribution < 1.29 is 27.5 Å². The van der Waals surface area contributed by atoms with E-state index in [0.29, 0.717) is 18.1 Å². The van der Waals surface area contributed by atoms with E-state index in [1.54, 1.807) is 12.3 Å². The second kappa shape index (κ2) is 9.53. The predicted molar refractivity (Wildman–Crippen MR) is 104 cm³/mol. The van der Waals surface area contributed by atoms with Crippen molar-refractivity contribution in [3.63, 3.8) is 0 Å². The number of oxime groups is 1. The molecule has 1 unspecified atom stereocenters. The Kier molecular flexibility index (Phi) is 6.83. The van der Waals surface area contributed by atoms with Gasteiger partial charge < -0.3 is 14.3 Å². The number of benzene rings is 1. The summed E-state index contributed by atoms with van der Waals surface area (Å²) in [6.45, 7) is 3.86. The molecule has 30 heavy (non-hydrogen) atoms. The molecule has 1 aromatic carbocycles. The zero-order valence-corrected chi connectivity index (χ0v) is 16.8. The molecule has 158 valence electrons. The van der Waals surface area contributed by atoms with Crippen molar-refractivity contribution >= 4 is 17.2 Å². The molecule has 11 heteroatoms. The second-order valence-electron chi connectivity index (χ2n) is 6.07. The first-order valence-corrected chi connectivity index (χ1v) is 9.58. The quantitative estimate of drug-likeness (QED) is 0.573. The van der Waals surface area contributed by atoms with Gasteiger partial charge in [-0.2, -0.15) is 0 Å². The van der Waals surface area contributed by atoms with Crippen LogP contribution in [0.25, 0.3) is 10.7 Å². The Morgan fingerprint density at radius 2 is 1.83 bits per heavy atom. The molecule has 0 N–H and O–H groups in total. The second-order valence-corrected chi connectivity index (χ2v) is 7.26. The summed E-state index contributed by atoms with van der Waals surface area (Å²) in [5.41, 5.74) is 0.788. The average Bonchev–Trinajstić information content (AvgIpc) is 3.31. The fraction of sp³-hybridized carbons (Fsp3) is 0.263. The maximum Gasteiger partial charge on any atom is 0.573 e. The highest BCUT2D eigenvalue weighted by Crippen LogP contribution is 2.23. The van der Waals surface area contributed by atoms with E-state index < -0.39 is 6.36 Å². The summed E-state index contributed by atoms with van der Waals surface area (Å²) in [5.74, 6) is 1.02. The minimum Gasteiger partial charge on any atom is -0.438 e. The summed E-state index contributed by atoms with van der Waals surface area (Å²) < 4.78 is 43.7. The summed E-state index contributed by atoms with van der Waals surface area (Å²) in [4.78, 5) is 9.37. The van der Waals surface area contributed by atoms with Gasteiger partial charge in [0.15, 0.2) is 5.01 Å². The van der Waals surface area contributed by atoms with Crippen LogP contribution in [0.5, 0.6) is 11.5 Å². The van der Waals surface area contributed by atoms with Gasteiger partial charge in [-0.15, -0.1) is 23.4 Å². The molecular weight excluding hydrogens is 421 g/mol. The van der Waals surface area contributed by atoms with Gasteiger partial charge in [0.2, 0.25) is 5.90 Å². The van der Waals surface area contributed by atoms with Gasteiger partial charge in [-0.25, -0.2) is 4.98 Å². The van der Waals surface area contributed by atoms with Gasteiger partial charge in [0.05, 0.1) is 12.6 Å². The molecule has 4 rings (SSSR count). The number of nitrogens with zero attached hydrogens (tertiary/aromatic N) is 4. The molecule has 2 aromatic heterocycles. The van der Waals surface area contributed by atoms with E-state index in [1.165, 1.54) is 35.6 Å². The number of alkyl halides is 3. The Labute approximate surface area is 174 Å². The third-order valence-corrected chi connectivity index (χ3v) is 4.35. The van der Waals surface area contributed by atoms with Crippen molar-refractivity contribution in [2.45, 2.75) is 32.7 Å². The lowest BCUT2D eigenvalue weighted by atomic mass is 10.3. The van der Waals surface area contributed by atoms with E-state index in [9.17, 15) is 13.2 Å². The molecule has 0 spiro atoms. The standard InChI is InChI=1S/C12H12N4O2S.C7H5F3O/c1-7-5-11(16-18-7)17-9-3-4-10(13-6-9)12-15-14-8(2)19-12;8-7(9,10)11-6-4-2-1-3-5-6/h3-4,6-7H,5H2,1-2H3;1-5H. The monoisotopic (exact) mass is 438 g/mol. The van der Waals surface area contributed by atoms with Crippen LogP contribution >= 0.6 is 11.3 Å². The van der Waals surface area contributed by atoms with E-state index in [2.05, 4.69) is 25.1 Å². The van der Waals surface area contributed by atoms with Gasteiger partial charge in [-0.3, -0.25) is 0 Å². The summed E-state index contributed by atoms with van der Waals surface area (Å²) in [7, 11) is 0. The number of aromatic nitrogens is 3. The molecule has 0 bridgehead atoms. The van der Waals surface area contributed by atoms with Gasteiger partial charge in [0, 0.05) is 0 Å². The molecule has 0 saturated carbocycles. The van der Waals surface area contributed by atoms with Crippen LogP contribution in [-0.4, -0.2) is 33.5 Å². The van der Waals surface area contributed by atoms with Crippen molar-refractivity contribution in [2.75, 3.05) is 0 Å². The van der Waals surface area contributed by atoms with Crippen molar-refractivity contribution in [1.82, 2.24) is 15.2 Å². The van der Waals surface area contributed by atoms with Gasteiger partial charge in [-0.05, 0) is 38.1 Å². The van der Waals surface area contributed by atoms with Crippen molar-refractivity contribution in [3.8, 4) is 22.2 Å². The number of aryl methyl sites for hydroxylation is 1. The topological polar surface area (TPSA) is 78.7 Å². The predicted octanol–water partition coefficient (Wildman–Crippen LogP) is 4.99. The summed E-state index contributed by atoms with van der Waals surface area (Å²) in [6, 6.07) is 10.7. The van der Waals surface area contributed by atoms with Gasteiger partial charge in [0.1, 0.15) is 28.3 Å². The summed E-state index contributed by atoms with van der Waals surface area (Å²) in [6.07, 6.45) is -2.19. The molecule has 1 aliphatic rings. The Bertz CT molecular complexity index is 979. The number of halogens is 3. The number of para-hydroxylation sites is 1. The van der Waals surface area contributed by atoms with Gasteiger partial charge in [-0.1, -0.05) is 34.7 Å². The van der Waals surface area contributed by atoms with E-state index in [0.717, 1.165) is 15.7 Å². The highest BCUT2D eigenvalue weighted by molar-refractivity contribution is 7.14. The minimum atomic E-state index is -4.60. The number of rotatable bonds is 3. The maximum atomic E-state index is 11.5. The molecule has 0 amide bonds. The molecule has 1 atom stereocenters. The summed E-state index contributed by atoms with van der Waals surface area (Å²) in [5, 5.41) is 13.6. The summed E-state index contributed by atoms with van der Waals surface area (Å²) >= 11 is 1.51. The Hall–Kier alpha value is -3.21. The van der Waals surface area contributed by atoms with E-state index >= 15 is 0 Å². The van der Waals surface area contributed by atoms with Gasteiger partial charge in [0.25, 0.3) is 0 Å². The van der Waals surface area contributed by atoms with Crippen LogP contribution in [0.1, 0.15) is 18.4 Å². The van der Waals surface area contributed by atoms with Crippen molar-refractivity contribution in [3.05, 3.63) is 53.7 Å². The Morgan fingerprint density at radius 3 is 2.37 bits per heavy atom. The molecule has 0 aliphatic carbocycles. The fourth-order valence-corrected chi connectivity index (χ4v) is 2.92. The van der Waals surface area contributed by atoms with Crippen LogP contribution in [0.15, 0.2) is 53.8 Å².